The van der Waals surface area contributed by atoms with Gasteiger partial charge >= 0.3 is 6.03 Å². The number of ether oxygens (including phenoxy) is 3. The lowest BCUT2D eigenvalue weighted by molar-refractivity contribution is 0.0731. The number of likely N-dealkylation sites (N-methyl/N-ethyl adjacent to an activating group) is 1. The Kier molecular flexibility index (Phi) is 5.19. The summed E-state index contributed by atoms with van der Waals surface area (Å²) in [6.07, 6.45) is -0.231. The number of urea groups is 1. The van der Waals surface area contributed by atoms with Crippen LogP contribution in [0.4, 0.5) is 10.5 Å². The standard InChI is InChI=1S/C18H19ClN2O4/c1-21(10-13-11-24-16-5-3-4-6-17(16)25-13)18(22)20-12-7-8-15(23-2)14(19)9-12/h3-9,13H,10-11H2,1-2H3,(H,20,22). The first-order valence-electron chi connectivity index (χ1n) is 7.81. The number of hydrogen-bond donors (Lipinski definition) is 1. The molecule has 0 fully saturated rings. The van der Waals surface area contributed by atoms with Gasteiger partial charge in [-0.3, -0.25) is 0 Å². The first-order chi connectivity index (χ1) is 12.1. The summed E-state index contributed by atoms with van der Waals surface area (Å²) in [6, 6.07) is 12.3. The van der Waals surface area contributed by atoms with Gasteiger partial charge in [0.2, 0.25) is 0 Å². The third kappa shape index (κ3) is 4.09. The number of hydrogen-bond acceptors (Lipinski definition) is 4. The van der Waals surface area contributed by atoms with E-state index in [2.05, 4.69) is 5.32 Å². The summed E-state index contributed by atoms with van der Waals surface area (Å²) < 4.78 is 16.6. The Bertz CT molecular complexity index is 768. The van der Waals surface area contributed by atoms with Crippen LogP contribution in [-0.2, 0) is 0 Å². The van der Waals surface area contributed by atoms with Gasteiger partial charge in [-0.15, -0.1) is 0 Å². The molecule has 1 heterocycles. The average Bonchev–Trinajstić information content (AvgIpc) is 2.61. The molecule has 6 nitrogen and oxygen atoms in total. The van der Waals surface area contributed by atoms with E-state index in [0.717, 1.165) is 5.75 Å². The quantitative estimate of drug-likeness (QED) is 0.901. The zero-order valence-corrected chi connectivity index (χ0v) is 14.7. The Balaban J connectivity index is 1.57. The number of nitrogens with zero attached hydrogens (tertiary/aromatic N) is 1. The molecule has 2 aromatic rings. The molecule has 1 N–H and O–H groups in total. The lowest BCUT2D eigenvalue weighted by Crippen LogP contribution is -2.43. The average molecular weight is 363 g/mol. The monoisotopic (exact) mass is 362 g/mol. The van der Waals surface area contributed by atoms with Crippen molar-refractivity contribution in [2.45, 2.75) is 6.10 Å². The largest absolute Gasteiger partial charge is 0.495 e. The molecule has 7 heteroatoms. The first kappa shape index (κ1) is 17.2. The highest BCUT2D eigenvalue weighted by Gasteiger charge is 2.23. The number of carbonyl (C=O) groups excluding carboxylic acids is 1. The van der Waals surface area contributed by atoms with Crippen molar-refractivity contribution in [3.8, 4) is 17.2 Å². The molecule has 0 spiro atoms. The van der Waals surface area contributed by atoms with Crippen LogP contribution in [0.25, 0.3) is 0 Å². The number of amides is 2. The second kappa shape index (κ2) is 7.53. The maximum absolute atomic E-state index is 12.3. The van der Waals surface area contributed by atoms with Crippen LogP contribution >= 0.6 is 11.6 Å². The van der Waals surface area contributed by atoms with Crippen molar-refractivity contribution in [3.63, 3.8) is 0 Å². The summed E-state index contributed by atoms with van der Waals surface area (Å²) in [7, 11) is 3.24. The van der Waals surface area contributed by atoms with Crippen LogP contribution in [0.15, 0.2) is 42.5 Å². The highest BCUT2D eigenvalue weighted by atomic mass is 35.5. The number of benzene rings is 2. The number of methoxy groups -OCH3 is 1. The number of para-hydroxylation sites is 2. The normalized spacial score (nSPS) is 15.4. The SMILES string of the molecule is COc1ccc(NC(=O)N(C)CC2COc3ccccc3O2)cc1Cl. The van der Waals surface area contributed by atoms with Gasteiger partial charge in [0.05, 0.1) is 18.7 Å². The van der Waals surface area contributed by atoms with Crippen molar-refractivity contribution >= 4 is 23.3 Å². The van der Waals surface area contributed by atoms with Gasteiger partial charge in [-0.05, 0) is 30.3 Å². The minimum absolute atomic E-state index is 0.231. The van der Waals surface area contributed by atoms with E-state index >= 15 is 0 Å². The van der Waals surface area contributed by atoms with Crippen molar-refractivity contribution in [1.82, 2.24) is 4.90 Å². The van der Waals surface area contributed by atoms with E-state index in [4.69, 9.17) is 25.8 Å². The van der Waals surface area contributed by atoms with Crippen LogP contribution in [0, 0.1) is 0 Å². The van der Waals surface area contributed by atoms with Crippen molar-refractivity contribution in [1.29, 1.82) is 0 Å². The van der Waals surface area contributed by atoms with E-state index in [1.807, 2.05) is 24.3 Å². The Morgan fingerprint density at radius 3 is 2.80 bits per heavy atom. The number of nitrogens with one attached hydrogen (secondary N) is 1. The number of rotatable bonds is 4. The molecule has 0 saturated carbocycles. The van der Waals surface area contributed by atoms with Crippen molar-refractivity contribution in [3.05, 3.63) is 47.5 Å². The summed E-state index contributed by atoms with van der Waals surface area (Å²) in [4.78, 5) is 13.9. The number of carbonyl (C=O) groups is 1. The molecule has 0 aliphatic carbocycles. The molecule has 0 aromatic heterocycles. The van der Waals surface area contributed by atoms with Crippen LogP contribution in [0.5, 0.6) is 17.2 Å². The molecule has 1 aliphatic rings. The van der Waals surface area contributed by atoms with Crippen LogP contribution in [-0.4, -0.2) is 44.3 Å². The van der Waals surface area contributed by atoms with Gasteiger partial charge in [-0.25, -0.2) is 4.79 Å². The first-order valence-corrected chi connectivity index (χ1v) is 8.18. The zero-order valence-electron chi connectivity index (χ0n) is 14.0. The summed E-state index contributed by atoms with van der Waals surface area (Å²) in [5, 5.41) is 3.23. The molecular weight excluding hydrogens is 344 g/mol. The van der Waals surface area contributed by atoms with Crippen LogP contribution < -0.4 is 19.5 Å². The van der Waals surface area contributed by atoms with Gasteiger partial charge in [0, 0.05) is 12.7 Å². The molecule has 1 aliphatic heterocycles. The lowest BCUT2D eigenvalue weighted by Gasteiger charge is -2.29. The fraction of sp³-hybridized carbons (Fsp3) is 0.278. The van der Waals surface area contributed by atoms with Crippen LogP contribution in [0.3, 0.4) is 0 Å². The Morgan fingerprint density at radius 2 is 2.08 bits per heavy atom. The number of fused-ring (bicyclic) bond motifs is 1. The molecule has 1 unspecified atom stereocenters. The molecule has 0 saturated heterocycles. The Labute approximate surface area is 151 Å². The molecule has 0 bridgehead atoms. The smallest absolute Gasteiger partial charge is 0.321 e. The van der Waals surface area contributed by atoms with Gasteiger partial charge in [0.15, 0.2) is 17.6 Å². The predicted molar refractivity (Wildman–Crippen MR) is 96.0 cm³/mol. The third-order valence-electron chi connectivity index (χ3n) is 3.79. The van der Waals surface area contributed by atoms with Crippen LogP contribution in [0.1, 0.15) is 0 Å². The summed E-state index contributed by atoms with van der Waals surface area (Å²) in [6.45, 7) is 0.785. The molecule has 0 radical (unpaired) electrons. The van der Waals surface area contributed by atoms with E-state index in [0.29, 0.717) is 35.4 Å². The molecule has 2 aromatic carbocycles. The number of halogens is 1. The topological polar surface area (TPSA) is 60.0 Å². The molecule has 132 valence electrons. The van der Waals surface area contributed by atoms with E-state index < -0.39 is 0 Å². The molecule has 25 heavy (non-hydrogen) atoms. The van der Waals surface area contributed by atoms with E-state index in [9.17, 15) is 4.79 Å². The summed E-state index contributed by atoms with van der Waals surface area (Å²) in [5.74, 6) is 1.97. The van der Waals surface area contributed by atoms with Gasteiger partial charge in [-0.2, -0.15) is 0 Å². The molecule has 1 atom stereocenters. The minimum atomic E-state index is -0.260. The van der Waals surface area contributed by atoms with Gasteiger partial charge < -0.3 is 24.4 Å². The highest BCUT2D eigenvalue weighted by Crippen LogP contribution is 2.31. The lowest BCUT2D eigenvalue weighted by atomic mass is 10.2. The maximum Gasteiger partial charge on any atom is 0.321 e. The fourth-order valence-corrected chi connectivity index (χ4v) is 2.76. The molecule has 3 rings (SSSR count). The van der Waals surface area contributed by atoms with E-state index in [1.54, 1.807) is 30.1 Å². The van der Waals surface area contributed by atoms with Gasteiger partial charge in [0.1, 0.15) is 12.4 Å². The van der Waals surface area contributed by atoms with Gasteiger partial charge in [0.25, 0.3) is 0 Å². The minimum Gasteiger partial charge on any atom is -0.495 e. The summed E-state index contributed by atoms with van der Waals surface area (Å²) >= 11 is 6.07. The molecular formula is C18H19ClN2O4. The van der Waals surface area contributed by atoms with Crippen molar-refractivity contribution in [2.75, 3.05) is 32.6 Å². The van der Waals surface area contributed by atoms with Gasteiger partial charge in [-0.1, -0.05) is 23.7 Å². The second-order valence-corrected chi connectivity index (χ2v) is 6.06. The van der Waals surface area contributed by atoms with E-state index in [1.165, 1.54) is 7.11 Å². The Morgan fingerprint density at radius 1 is 1.32 bits per heavy atom. The Hall–Kier alpha value is -2.60. The highest BCUT2D eigenvalue weighted by molar-refractivity contribution is 6.32. The number of anilines is 1. The van der Waals surface area contributed by atoms with Crippen molar-refractivity contribution < 1.29 is 19.0 Å². The third-order valence-corrected chi connectivity index (χ3v) is 4.09. The predicted octanol–water partition coefficient (Wildman–Crippen LogP) is 3.65. The fourth-order valence-electron chi connectivity index (χ4n) is 2.50. The van der Waals surface area contributed by atoms with Crippen molar-refractivity contribution in [2.24, 2.45) is 0 Å². The zero-order chi connectivity index (χ0) is 17.8. The van der Waals surface area contributed by atoms with E-state index in [-0.39, 0.29) is 12.1 Å². The second-order valence-electron chi connectivity index (χ2n) is 5.66. The summed E-state index contributed by atoms with van der Waals surface area (Å²) in [5.41, 5.74) is 0.591. The molecule has 2 amide bonds. The van der Waals surface area contributed by atoms with Crippen LogP contribution in [0.2, 0.25) is 5.02 Å². The maximum atomic E-state index is 12.3.